The number of hydrogen-bond acceptors (Lipinski definition) is 6. The lowest BCUT2D eigenvalue weighted by molar-refractivity contribution is 0.0952. The molecule has 0 saturated carbocycles. The summed E-state index contributed by atoms with van der Waals surface area (Å²) in [4.78, 5) is 12.9. The first kappa shape index (κ1) is 15.8. The number of rotatable bonds is 5. The van der Waals surface area contributed by atoms with E-state index in [1.54, 1.807) is 18.3 Å². The van der Waals surface area contributed by atoms with Gasteiger partial charge in [0.15, 0.2) is 0 Å². The molecule has 0 aromatic carbocycles. The Morgan fingerprint density at radius 2 is 2.22 bits per heavy atom. The van der Waals surface area contributed by atoms with E-state index >= 15 is 0 Å². The first-order valence-corrected chi connectivity index (χ1v) is 8.90. The Morgan fingerprint density at radius 1 is 1.39 bits per heavy atom. The van der Waals surface area contributed by atoms with Gasteiger partial charge in [0.2, 0.25) is 0 Å². The molecule has 3 aromatic rings. The fourth-order valence-electron chi connectivity index (χ4n) is 2.48. The highest BCUT2D eigenvalue weighted by molar-refractivity contribution is 7.08. The molecule has 6 nitrogen and oxygen atoms in total. The van der Waals surface area contributed by atoms with Crippen molar-refractivity contribution in [2.24, 2.45) is 0 Å². The monoisotopic (exact) mass is 347 g/mol. The van der Waals surface area contributed by atoms with E-state index in [4.69, 9.17) is 0 Å². The van der Waals surface area contributed by atoms with Crippen molar-refractivity contribution >= 4 is 28.8 Å². The number of amides is 1. The van der Waals surface area contributed by atoms with Crippen LogP contribution in [0.4, 0.5) is 0 Å². The maximum absolute atomic E-state index is 12.3. The standard InChI is InChI=1S/C15H17N5OS2/c1-9-6-10(2)20(18-9)13(12-4-5-22-8-12)7-16-15(21)14-11(3)17-19-23-14/h4-6,8,13H,7H2,1-3H3,(H,16,21)/t13-/m1/s1. The minimum absolute atomic E-state index is 0.0277. The summed E-state index contributed by atoms with van der Waals surface area (Å²) in [7, 11) is 0. The van der Waals surface area contributed by atoms with E-state index in [1.165, 1.54) is 0 Å². The maximum atomic E-state index is 12.3. The molecule has 0 fully saturated rings. The first-order chi connectivity index (χ1) is 11.1. The third-order valence-corrected chi connectivity index (χ3v) is 5.11. The van der Waals surface area contributed by atoms with Crippen LogP contribution in [0.2, 0.25) is 0 Å². The molecule has 0 aliphatic rings. The second kappa shape index (κ2) is 6.59. The molecule has 0 bridgehead atoms. The molecule has 0 unspecified atom stereocenters. The molecule has 3 rings (SSSR count). The van der Waals surface area contributed by atoms with Crippen LogP contribution in [0.25, 0.3) is 0 Å². The zero-order valence-corrected chi connectivity index (χ0v) is 14.7. The molecule has 8 heteroatoms. The van der Waals surface area contributed by atoms with Gasteiger partial charge in [0.05, 0.1) is 17.4 Å². The Labute approximate surface area is 142 Å². The SMILES string of the molecule is Cc1cc(C)n([C@H](CNC(=O)c2snnc2C)c2ccsc2)n1. The van der Waals surface area contributed by atoms with Crippen molar-refractivity contribution in [1.29, 1.82) is 0 Å². The number of carbonyl (C=O) groups is 1. The molecule has 23 heavy (non-hydrogen) atoms. The van der Waals surface area contributed by atoms with Gasteiger partial charge in [-0.3, -0.25) is 9.48 Å². The van der Waals surface area contributed by atoms with E-state index in [9.17, 15) is 4.79 Å². The van der Waals surface area contributed by atoms with Crippen molar-refractivity contribution in [3.63, 3.8) is 0 Å². The van der Waals surface area contributed by atoms with Crippen molar-refractivity contribution in [3.8, 4) is 0 Å². The molecule has 1 amide bonds. The van der Waals surface area contributed by atoms with Crippen LogP contribution in [0.3, 0.4) is 0 Å². The summed E-state index contributed by atoms with van der Waals surface area (Å²) in [6, 6.07) is 4.08. The predicted molar refractivity (Wildman–Crippen MR) is 91.1 cm³/mol. The van der Waals surface area contributed by atoms with Crippen molar-refractivity contribution in [1.82, 2.24) is 24.7 Å². The normalized spacial score (nSPS) is 12.3. The van der Waals surface area contributed by atoms with E-state index in [1.807, 2.05) is 30.0 Å². The number of carbonyl (C=O) groups excluding carboxylic acids is 1. The van der Waals surface area contributed by atoms with E-state index in [-0.39, 0.29) is 11.9 Å². The summed E-state index contributed by atoms with van der Waals surface area (Å²) in [5, 5.41) is 15.6. The molecule has 0 spiro atoms. The second-order valence-corrected chi connectivity index (χ2v) is 6.88. The van der Waals surface area contributed by atoms with Crippen molar-refractivity contribution in [3.05, 3.63) is 50.4 Å². The highest BCUT2D eigenvalue weighted by Crippen LogP contribution is 2.22. The minimum Gasteiger partial charge on any atom is -0.349 e. The Balaban J connectivity index is 1.82. The summed E-state index contributed by atoms with van der Waals surface area (Å²) >= 11 is 2.75. The zero-order chi connectivity index (χ0) is 16.4. The van der Waals surface area contributed by atoms with Gasteiger partial charge in [-0.2, -0.15) is 16.4 Å². The van der Waals surface area contributed by atoms with E-state index in [2.05, 4.69) is 31.4 Å². The number of nitrogens with one attached hydrogen (secondary N) is 1. The fourth-order valence-corrected chi connectivity index (χ4v) is 3.76. The van der Waals surface area contributed by atoms with Gasteiger partial charge in [-0.05, 0) is 60.8 Å². The predicted octanol–water partition coefficient (Wildman–Crippen LogP) is 2.74. The lowest BCUT2D eigenvalue weighted by Gasteiger charge is -2.19. The maximum Gasteiger partial charge on any atom is 0.265 e. The quantitative estimate of drug-likeness (QED) is 0.770. The highest BCUT2D eigenvalue weighted by Gasteiger charge is 2.20. The van der Waals surface area contributed by atoms with Gasteiger partial charge in [-0.15, -0.1) is 5.10 Å². The van der Waals surface area contributed by atoms with Gasteiger partial charge in [-0.1, -0.05) is 4.49 Å². The second-order valence-electron chi connectivity index (χ2n) is 5.34. The zero-order valence-electron chi connectivity index (χ0n) is 13.1. The molecular formula is C15H17N5OS2. The number of hydrogen-bond donors (Lipinski definition) is 1. The molecule has 1 atom stereocenters. The van der Waals surface area contributed by atoms with E-state index in [0.717, 1.165) is 28.5 Å². The molecule has 120 valence electrons. The first-order valence-electron chi connectivity index (χ1n) is 7.18. The van der Waals surface area contributed by atoms with Gasteiger partial charge in [0.1, 0.15) is 4.88 Å². The van der Waals surface area contributed by atoms with E-state index < -0.39 is 0 Å². The number of aromatic nitrogens is 4. The highest BCUT2D eigenvalue weighted by atomic mass is 32.1. The van der Waals surface area contributed by atoms with Gasteiger partial charge in [0, 0.05) is 12.2 Å². The minimum atomic E-state index is -0.140. The van der Waals surface area contributed by atoms with Crippen LogP contribution in [-0.4, -0.2) is 31.8 Å². The van der Waals surface area contributed by atoms with Crippen LogP contribution < -0.4 is 5.32 Å². The molecular weight excluding hydrogens is 330 g/mol. The molecule has 0 aliphatic heterocycles. The largest absolute Gasteiger partial charge is 0.349 e. The topological polar surface area (TPSA) is 72.7 Å². The Hall–Kier alpha value is -2.06. The molecule has 0 radical (unpaired) electrons. The molecule has 3 heterocycles. The van der Waals surface area contributed by atoms with Crippen molar-refractivity contribution in [2.75, 3.05) is 6.54 Å². The van der Waals surface area contributed by atoms with Crippen molar-refractivity contribution in [2.45, 2.75) is 26.8 Å². The van der Waals surface area contributed by atoms with Crippen LogP contribution in [-0.2, 0) is 0 Å². The summed E-state index contributed by atoms with van der Waals surface area (Å²) in [6.45, 7) is 6.25. The average Bonchev–Trinajstić information content (AvgIpc) is 3.22. The summed E-state index contributed by atoms with van der Waals surface area (Å²) in [5.41, 5.74) is 3.84. The number of thiophene rings is 1. The fraction of sp³-hybridized carbons (Fsp3) is 0.333. The van der Waals surface area contributed by atoms with Gasteiger partial charge < -0.3 is 5.32 Å². The third-order valence-electron chi connectivity index (χ3n) is 3.58. The summed E-state index contributed by atoms with van der Waals surface area (Å²) in [5.74, 6) is -0.140. The van der Waals surface area contributed by atoms with Gasteiger partial charge in [-0.25, -0.2) is 0 Å². The van der Waals surface area contributed by atoms with Crippen LogP contribution in [0.5, 0.6) is 0 Å². The molecule has 0 aliphatic carbocycles. The van der Waals surface area contributed by atoms with E-state index in [0.29, 0.717) is 17.1 Å². The molecule has 0 saturated heterocycles. The molecule has 1 N–H and O–H groups in total. The average molecular weight is 347 g/mol. The smallest absolute Gasteiger partial charge is 0.265 e. The number of aryl methyl sites for hydroxylation is 3. The number of nitrogens with zero attached hydrogens (tertiary/aromatic N) is 4. The summed E-state index contributed by atoms with van der Waals surface area (Å²) < 4.78 is 5.78. The van der Waals surface area contributed by atoms with Crippen LogP contribution in [0, 0.1) is 20.8 Å². The van der Waals surface area contributed by atoms with Crippen molar-refractivity contribution < 1.29 is 4.79 Å². The lowest BCUT2D eigenvalue weighted by atomic mass is 10.1. The van der Waals surface area contributed by atoms with Gasteiger partial charge in [0.25, 0.3) is 5.91 Å². The Morgan fingerprint density at radius 3 is 2.78 bits per heavy atom. The Bertz CT molecular complexity index is 806. The van der Waals surface area contributed by atoms with Gasteiger partial charge >= 0.3 is 0 Å². The third kappa shape index (κ3) is 3.32. The summed E-state index contributed by atoms with van der Waals surface area (Å²) in [6.07, 6.45) is 0. The Kier molecular flexibility index (Phi) is 4.53. The van der Waals surface area contributed by atoms with Crippen LogP contribution >= 0.6 is 22.9 Å². The van der Waals surface area contributed by atoms with Crippen LogP contribution in [0.15, 0.2) is 22.9 Å². The molecule has 3 aromatic heterocycles. The lowest BCUT2D eigenvalue weighted by Crippen LogP contribution is -2.32. The van der Waals surface area contributed by atoms with Crippen LogP contribution in [0.1, 0.15) is 38.4 Å².